The Morgan fingerprint density at radius 2 is 1.36 bits per heavy atom. The van der Waals surface area contributed by atoms with E-state index in [4.69, 9.17) is 13.2 Å². The van der Waals surface area contributed by atoms with Gasteiger partial charge in [-0.3, -0.25) is 0 Å². The van der Waals surface area contributed by atoms with Crippen molar-refractivity contribution >= 4 is 10.9 Å². The second-order valence-electron chi connectivity index (χ2n) is 9.01. The van der Waals surface area contributed by atoms with Crippen LogP contribution in [-0.2, 0) is 5.41 Å². The van der Waals surface area contributed by atoms with Crippen LogP contribution in [0.1, 0.15) is 44.2 Å². The van der Waals surface area contributed by atoms with Crippen molar-refractivity contribution in [3.63, 3.8) is 0 Å². The molecule has 0 N–H and O–H groups in total. The Bertz CT molecular complexity index is 1720. The Morgan fingerprint density at radius 1 is 0.636 bits per heavy atom. The third-order valence-electron chi connectivity index (χ3n) is 6.58. The molecule has 1 aliphatic carbocycles. The highest BCUT2D eigenvalue weighted by Crippen LogP contribution is 2.50. The number of benzene rings is 4. The lowest BCUT2D eigenvalue weighted by Gasteiger charge is -2.22. The van der Waals surface area contributed by atoms with E-state index < -0.39 is 19.1 Å². The first-order valence-electron chi connectivity index (χ1n) is 14.1. The number of hydrogen-bond donors (Lipinski definition) is 0. The van der Waals surface area contributed by atoms with Gasteiger partial charge in [-0.2, -0.15) is 0 Å². The van der Waals surface area contributed by atoms with E-state index in [1.807, 2.05) is 62.4 Å². The monoisotopic (exact) mass is 431 g/mol. The van der Waals surface area contributed by atoms with Gasteiger partial charge in [0.1, 0.15) is 0 Å². The fraction of sp³-hybridized carbons (Fsp3) is 0.156. The molecule has 1 aromatic heterocycles. The fourth-order valence-corrected chi connectivity index (χ4v) is 5.12. The summed E-state index contributed by atoms with van der Waals surface area (Å²) in [5, 5.41) is 0.842. The largest absolute Gasteiger partial charge is 0.248 e. The molecule has 160 valence electrons. The van der Waals surface area contributed by atoms with Crippen LogP contribution in [0, 0.1) is 13.8 Å². The number of aromatic nitrogens is 1. The summed E-state index contributed by atoms with van der Waals surface area (Å²) in [7, 11) is 0. The molecule has 0 radical (unpaired) electrons. The van der Waals surface area contributed by atoms with E-state index in [0.717, 1.165) is 38.9 Å². The van der Waals surface area contributed by atoms with Gasteiger partial charge in [-0.25, -0.2) is 4.98 Å². The first-order valence-corrected chi connectivity index (χ1v) is 11.1. The molecule has 0 fully saturated rings. The highest BCUT2D eigenvalue weighted by atomic mass is 14.7. The van der Waals surface area contributed by atoms with Crippen LogP contribution in [0.4, 0.5) is 0 Å². The molecule has 6 rings (SSSR count). The van der Waals surface area contributed by atoms with Crippen LogP contribution >= 0.6 is 0 Å². The van der Waals surface area contributed by atoms with Gasteiger partial charge < -0.3 is 0 Å². The molecule has 0 spiro atoms. The second kappa shape index (κ2) is 7.15. The topological polar surface area (TPSA) is 12.9 Å². The third kappa shape index (κ3) is 3.11. The number of fused-ring (bicyclic) bond motifs is 4. The van der Waals surface area contributed by atoms with Gasteiger partial charge in [-0.15, -0.1) is 0 Å². The zero-order valence-electron chi connectivity index (χ0n) is 24.6. The minimum Gasteiger partial charge on any atom is -0.248 e. The Balaban J connectivity index is 1.76. The molecule has 1 nitrogen and oxygen atoms in total. The van der Waals surface area contributed by atoms with Gasteiger partial charge in [0.2, 0.25) is 0 Å². The second-order valence-corrected chi connectivity index (χ2v) is 9.01. The summed E-state index contributed by atoms with van der Waals surface area (Å²) in [6, 6.07) is 29.0. The number of rotatable bonds is 2. The van der Waals surface area contributed by atoms with Crippen molar-refractivity contribution in [3.05, 3.63) is 113 Å². The van der Waals surface area contributed by atoms with Crippen LogP contribution < -0.4 is 0 Å². The molecule has 1 aliphatic rings. The third-order valence-corrected chi connectivity index (χ3v) is 6.58. The van der Waals surface area contributed by atoms with Crippen LogP contribution in [-0.4, -0.2) is 4.98 Å². The lowest BCUT2D eigenvalue weighted by atomic mass is 9.82. The highest BCUT2D eigenvalue weighted by molar-refractivity contribution is 6.01. The Kier molecular flexibility index (Phi) is 3.13. The smallest absolute Gasteiger partial charge is 0.0719 e. The SMILES string of the molecule is [2H]C([2H])([2H])C1(C([2H])([2H])[2H])c2ccccc2-c2cc3c(-c4ccccc4)cc(-c4cc(C)cc(C)c4)nc3cc21. The average Bonchev–Trinajstić information content (AvgIpc) is 3.17. The molecule has 0 saturated heterocycles. The van der Waals surface area contributed by atoms with Crippen molar-refractivity contribution in [2.45, 2.75) is 33.0 Å². The fourth-order valence-electron chi connectivity index (χ4n) is 5.12. The Labute approximate surface area is 204 Å². The molecule has 1 heterocycles. The molecule has 0 bridgehead atoms. The number of pyridine rings is 1. The highest BCUT2D eigenvalue weighted by Gasteiger charge is 2.35. The zero-order chi connectivity index (χ0) is 27.7. The predicted molar refractivity (Wildman–Crippen MR) is 140 cm³/mol. The zero-order valence-corrected chi connectivity index (χ0v) is 18.6. The summed E-state index contributed by atoms with van der Waals surface area (Å²) in [5.74, 6) is 0. The molecular weight excluding hydrogens is 398 g/mol. The Hall–Kier alpha value is -3.71. The first kappa shape index (κ1) is 14.4. The molecule has 5 aromatic rings. The summed E-state index contributed by atoms with van der Waals surface area (Å²) in [6.07, 6.45) is 0. The van der Waals surface area contributed by atoms with Gasteiger partial charge in [-0.1, -0.05) is 85.5 Å². The van der Waals surface area contributed by atoms with Crippen LogP contribution in [0.25, 0.3) is 44.4 Å². The molecule has 0 aliphatic heterocycles. The Morgan fingerprint density at radius 3 is 2.12 bits per heavy atom. The van der Waals surface area contributed by atoms with Gasteiger partial charge in [0.05, 0.1) is 11.2 Å². The standard InChI is InChI=1S/C32H27N/c1-20-14-21(2)16-23(15-20)30-18-25(22-10-6-5-7-11-22)27-17-26-24-12-8-9-13-28(24)32(3,4)29(26)19-31(27)33-30/h5-19H,1-4H3/i3D3,4D3. The predicted octanol–water partition coefficient (Wildman–Crippen LogP) is 8.49. The average molecular weight is 432 g/mol. The normalized spacial score (nSPS) is 17.2. The molecule has 4 aromatic carbocycles. The number of nitrogens with zero attached hydrogens (tertiary/aromatic N) is 1. The molecule has 0 amide bonds. The number of aryl methyl sites for hydroxylation is 2. The maximum Gasteiger partial charge on any atom is 0.0719 e. The van der Waals surface area contributed by atoms with Gasteiger partial charge in [0.15, 0.2) is 0 Å². The van der Waals surface area contributed by atoms with Gasteiger partial charge in [0.25, 0.3) is 0 Å². The molecule has 33 heavy (non-hydrogen) atoms. The van der Waals surface area contributed by atoms with Gasteiger partial charge >= 0.3 is 0 Å². The van der Waals surface area contributed by atoms with E-state index in [1.54, 1.807) is 18.2 Å². The molecule has 0 saturated carbocycles. The van der Waals surface area contributed by atoms with Crippen LogP contribution in [0.3, 0.4) is 0 Å². The van der Waals surface area contributed by atoms with Crippen LogP contribution in [0.15, 0.2) is 91.0 Å². The minimum atomic E-state index is -2.82. The van der Waals surface area contributed by atoms with Crippen molar-refractivity contribution in [2.24, 2.45) is 0 Å². The maximum absolute atomic E-state index is 8.56. The van der Waals surface area contributed by atoms with Crippen molar-refractivity contribution < 1.29 is 8.22 Å². The van der Waals surface area contributed by atoms with Gasteiger partial charge in [-0.05, 0) is 77.6 Å². The summed E-state index contributed by atoms with van der Waals surface area (Å²) in [4.78, 5) is 5.02. The van der Waals surface area contributed by atoms with E-state index >= 15 is 0 Å². The minimum absolute atomic E-state index is 0.278. The summed E-state index contributed by atoms with van der Waals surface area (Å²) in [6.45, 7) is -1.55. The molecule has 1 heteroatoms. The molecular formula is C32H27N. The van der Waals surface area contributed by atoms with Gasteiger partial charge in [0, 0.05) is 24.6 Å². The maximum atomic E-state index is 8.56. The first-order chi connectivity index (χ1) is 18.4. The summed E-state index contributed by atoms with van der Waals surface area (Å²) in [5.41, 5.74) is 6.14. The lowest BCUT2D eigenvalue weighted by Crippen LogP contribution is -2.14. The van der Waals surface area contributed by atoms with E-state index in [0.29, 0.717) is 22.2 Å². The summed E-state index contributed by atoms with van der Waals surface area (Å²) >= 11 is 0. The van der Waals surface area contributed by atoms with Crippen LogP contribution in [0.5, 0.6) is 0 Å². The van der Waals surface area contributed by atoms with Crippen molar-refractivity contribution in [1.29, 1.82) is 0 Å². The quantitative estimate of drug-likeness (QED) is 0.273. The van der Waals surface area contributed by atoms with E-state index in [9.17, 15) is 0 Å². The van der Waals surface area contributed by atoms with Crippen molar-refractivity contribution in [2.75, 3.05) is 0 Å². The number of hydrogen-bond acceptors (Lipinski definition) is 1. The van der Waals surface area contributed by atoms with E-state index in [1.165, 1.54) is 0 Å². The molecule has 0 atom stereocenters. The van der Waals surface area contributed by atoms with Crippen LogP contribution in [0.2, 0.25) is 0 Å². The van der Waals surface area contributed by atoms with E-state index in [2.05, 4.69) is 24.3 Å². The van der Waals surface area contributed by atoms with E-state index in [-0.39, 0.29) is 5.56 Å². The lowest BCUT2D eigenvalue weighted by molar-refractivity contribution is 0.661. The summed E-state index contributed by atoms with van der Waals surface area (Å²) < 4.78 is 51.3. The van der Waals surface area contributed by atoms with Crippen molar-refractivity contribution in [3.8, 4) is 33.5 Å². The van der Waals surface area contributed by atoms with Crippen molar-refractivity contribution in [1.82, 2.24) is 4.98 Å². The molecule has 0 unspecified atom stereocenters.